The summed E-state index contributed by atoms with van der Waals surface area (Å²) in [6, 6.07) is 0. The van der Waals surface area contributed by atoms with Crippen molar-refractivity contribution in [1.82, 2.24) is 9.80 Å². The average molecular weight is 181 g/mol. The predicted molar refractivity (Wildman–Crippen MR) is 51.2 cm³/mol. The average Bonchev–Trinajstić information content (AvgIpc) is 2.52. The van der Waals surface area contributed by atoms with Crippen LogP contribution >= 0.6 is 0 Å². The van der Waals surface area contributed by atoms with Gasteiger partial charge in [-0.2, -0.15) is 0 Å². The highest BCUT2D eigenvalue weighted by molar-refractivity contribution is 5.73. The summed E-state index contributed by atoms with van der Waals surface area (Å²) in [7, 11) is 0. The fourth-order valence-electron chi connectivity index (χ4n) is 1.20. The van der Waals surface area contributed by atoms with Gasteiger partial charge in [0, 0.05) is 25.4 Å². The second kappa shape index (κ2) is 4.54. The van der Waals surface area contributed by atoms with Gasteiger partial charge in [0.1, 0.15) is 0 Å². The van der Waals surface area contributed by atoms with Crippen LogP contribution in [-0.2, 0) is 4.79 Å². The second-order valence-electron chi connectivity index (χ2n) is 3.02. The van der Waals surface area contributed by atoms with Gasteiger partial charge in [-0.15, -0.1) is 0 Å². The molecule has 1 rings (SSSR count). The molecule has 0 fully saturated rings. The number of nitrogens with zero attached hydrogens (tertiary/aromatic N) is 2. The first-order chi connectivity index (χ1) is 6.22. The Kier molecular flexibility index (Phi) is 3.37. The van der Waals surface area contributed by atoms with Crippen LogP contribution in [0, 0.1) is 0 Å². The number of hydrogen-bond acceptors (Lipinski definition) is 3. The summed E-state index contributed by atoms with van der Waals surface area (Å²) in [6.45, 7) is 5.35. The zero-order chi connectivity index (χ0) is 9.68. The summed E-state index contributed by atoms with van der Waals surface area (Å²) in [4.78, 5) is 14.5. The van der Waals surface area contributed by atoms with Crippen molar-refractivity contribution in [2.75, 3.05) is 13.2 Å². The van der Waals surface area contributed by atoms with E-state index in [4.69, 9.17) is 5.73 Å². The minimum Gasteiger partial charge on any atom is -0.370 e. The summed E-state index contributed by atoms with van der Waals surface area (Å²) >= 11 is 0. The van der Waals surface area contributed by atoms with E-state index in [0.717, 1.165) is 19.6 Å². The monoisotopic (exact) mass is 181 g/mol. The lowest BCUT2D eigenvalue weighted by molar-refractivity contribution is -0.118. The van der Waals surface area contributed by atoms with E-state index in [9.17, 15) is 4.79 Å². The van der Waals surface area contributed by atoms with Crippen molar-refractivity contribution in [2.45, 2.75) is 12.8 Å². The summed E-state index contributed by atoms with van der Waals surface area (Å²) < 4.78 is 0. The molecule has 1 aliphatic heterocycles. The molecule has 0 aromatic heterocycles. The Morgan fingerprint density at radius 2 is 2.38 bits per heavy atom. The maximum atomic E-state index is 10.5. The van der Waals surface area contributed by atoms with Gasteiger partial charge < -0.3 is 15.5 Å². The highest BCUT2D eigenvalue weighted by Crippen LogP contribution is 2.07. The molecule has 1 aliphatic rings. The van der Waals surface area contributed by atoms with E-state index in [1.807, 2.05) is 17.3 Å². The second-order valence-corrected chi connectivity index (χ2v) is 3.02. The van der Waals surface area contributed by atoms with Crippen LogP contribution in [0.4, 0.5) is 0 Å². The summed E-state index contributed by atoms with van der Waals surface area (Å²) in [6.07, 6.45) is 6.98. The molecule has 0 aromatic carbocycles. The number of hydrogen-bond donors (Lipinski definition) is 1. The minimum absolute atomic E-state index is 0.233. The van der Waals surface area contributed by atoms with Crippen LogP contribution in [-0.4, -0.2) is 28.9 Å². The molecule has 0 bridgehead atoms. The van der Waals surface area contributed by atoms with Crippen LogP contribution in [0.5, 0.6) is 0 Å². The largest absolute Gasteiger partial charge is 0.370 e. The molecule has 13 heavy (non-hydrogen) atoms. The van der Waals surface area contributed by atoms with Crippen LogP contribution < -0.4 is 5.73 Å². The lowest BCUT2D eigenvalue weighted by atomic mass is 10.3. The fraction of sp³-hybridized carbons (Fsp3) is 0.444. The van der Waals surface area contributed by atoms with Gasteiger partial charge in [0.15, 0.2) is 0 Å². The van der Waals surface area contributed by atoms with E-state index in [1.54, 1.807) is 6.20 Å². The first-order valence-electron chi connectivity index (χ1n) is 4.31. The number of carbonyl (C=O) groups is 1. The molecule has 2 N–H and O–H groups in total. The maximum absolute atomic E-state index is 10.5. The first-order valence-corrected chi connectivity index (χ1v) is 4.31. The third-order valence-electron chi connectivity index (χ3n) is 1.92. The summed E-state index contributed by atoms with van der Waals surface area (Å²) in [5.74, 6) is -0.233. The molecule has 0 aromatic rings. The number of carbonyl (C=O) groups excluding carboxylic acids is 1. The summed E-state index contributed by atoms with van der Waals surface area (Å²) in [5.41, 5.74) is 5.03. The van der Waals surface area contributed by atoms with Crippen molar-refractivity contribution >= 4 is 5.91 Å². The lowest BCUT2D eigenvalue weighted by Gasteiger charge is -2.17. The number of primary amides is 1. The molecule has 4 heteroatoms. The zero-order valence-electron chi connectivity index (χ0n) is 7.65. The first kappa shape index (κ1) is 9.64. The van der Waals surface area contributed by atoms with Gasteiger partial charge in [-0.3, -0.25) is 4.79 Å². The molecule has 0 unspecified atom stereocenters. The SMILES string of the molecule is C=CN1C=CN(CCCC(N)=O)C1. The zero-order valence-corrected chi connectivity index (χ0v) is 7.65. The van der Waals surface area contributed by atoms with Gasteiger partial charge in [0.05, 0.1) is 6.67 Å². The van der Waals surface area contributed by atoms with E-state index in [2.05, 4.69) is 11.5 Å². The van der Waals surface area contributed by atoms with Crippen molar-refractivity contribution in [3.8, 4) is 0 Å². The van der Waals surface area contributed by atoms with Gasteiger partial charge in [-0.25, -0.2) is 0 Å². The molecule has 72 valence electrons. The van der Waals surface area contributed by atoms with Crippen molar-refractivity contribution in [2.24, 2.45) is 5.73 Å². The Morgan fingerprint density at radius 1 is 1.62 bits per heavy atom. The molecule has 0 spiro atoms. The van der Waals surface area contributed by atoms with Crippen LogP contribution in [0.15, 0.2) is 25.2 Å². The van der Waals surface area contributed by atoms with Crippen molar-refractivity contribution in [1.29, 1.82) is 0 Å². The van der Waals surface area contributed by atoms with E-state index in [0.29, 0.717) is 6.42 Å². The van der Waals surface area contributed by atoms with Gasteiger partial charge in [0.25, 0.3) is 0 Å². The number of rotatable bonds is 5. The fourth-order valence-corrected chi connectivity index (χ4v) is 1.20. The Morgan fingerprint density at radius 3 is 2.92 bits per heavy atom. The van der Waals surface area contributed by atoms with Crippen molar-refractivity contribution in [3.05, 3.63) is 25.2 Å². The molecule has 0 atom stereocenters. The van der Waals surface area contributed by atoms with Gasteiger partial charge >= 0.3 is 0 Å². The molecule has 0 aliphatic carbocycles. The van der Waals surface area contributed by atoms with Crippen LogP contribution in [0.2, 0.25) is 0 Å². The van der Waals surface area contributed by atoms with Crippen LogP contribution in [0.3, 0.4) is 0 Å². The van der Waals surface area contributed by atoms with Gasteiger partial charge in [-0.05, 0) is 12.6 Å². The molecule has 0 saturated carbocycles. The normalized spacial score (nSPS) is 15.1. The Bertz CT molecular complexity index is 225. The van der Waals surface area contributed by atoms with Crippen molar-refractivity contribution < 1.29 is 4.79 Å². The van der Waals surface area contributed by atoms with E-state index in [-0.39, 0.29) is 5.91 Å². The van der Waals surface area contributed by atoms with Crippen LogP contribution in [0.25, 0.3) is 0 Å². The third kappa shape index (κ3) is 3.19. The highest BCUT2D eigenvalue weighted by atomic mass is 16.1. The standard InChI is InChI=1S/C9H15N3O/c1-2-11-6-7-12(8-11)5-3-4-9(10)13/h2,6-7H,1,3-5,8H2,(H2,10,13). The predicted octanol–water partition coefficient (Wildman–Crippen LogP) is 0.442. The molecule has 1 amide bonds. The Labute approximate surface area is 78.3 Å². The lowest BCUT2D eigenvalue weighted by Crippen LogP contribution is -2.23. The molecule has 0 radical (unpaired) electrons. The van der Waals surface area contributed by atoms with E-state index in [1.165, 1.54) is 0 Å². The molecular formula is C9H15N3O. The third-order valence-corrected chi connectivity index (χ3v) is 1.92. The minimum atomic E-state index is -0.233. The molecule has 4 nitrogen and oxygen atoms in total. The maximum Gasteiger partial charge on any atom is 0.217 e. The molecule has 1 heterocycles. The smallest absolute Gasteiger partial charge is 0.217 e. The molecule has 0 saturated heterocycles. The highest BCUT2D eigenvalue weighted by Gasteiger charge is 2.08. The van der Waals surface area contributed by atoms with E-state index < -0.39 is 0 Å². The topological polar surface area (TPSA) is 49.6 Å². The van der Waals surface area contributed by atoms with Crippen molar-refractivity contribution in [3.63, 3.8) is 0 Å². The summed E-state index contributed by atoms with van der Waals surface area (Å²) in [5, 5.41) is 0. The van der Waals surface area contributed by atoms with Gasteiger partial charge in [-0.1, -0.05) is 6.58 Å². The van der Waals surface area contributed by atoms with Gasteiger partial charge in [0.2, 0.25) is 5.91 Å². The van der Waals surface area contributed by atoms with E-state index >= 15 is 0 Å². The molecular weight excluding hydrogens is 166 g/mol. The van der Waals surface area contributed by atoms with Crippen LogP contribution in [0.1, 0.15) is 12.8 Å². The number of nitrogens with two attached hydrogens (primary N) is 1. The Hall–Kier alpha value is -1.45. The Balaban J connectivity index is 2.14. The number of amides is 1. The quantitative estimate of drug-likeness (QED) is 0.669.